The van der Waals surface area contributed by atoms with Gasteiger partial charge in [-0.3, -0.25) is 10.4 Å². The molecule has 0 atom stereocenters. The van der Waals surface area contributed by atoms with Crippen LogP contribution in [0.15, 0.2) is 218 Å². The first-order valence-corrected chi connectivity index (χ1v) is 22.5. The summed E-state index contributed by atoms with van der Waals surface area (Å²) in [4.78, 5) is 0. The van der Waals surface area contributed by atoms with Gasteiger partial charge in [0.15, 0.2) is 0 Å². The molecule has 0 saturated carbocycles. The minimum atomic E-state index is -0.446. The van der Waals surface area contributed by atoms with Crippen LogP contribution in [0.5, 0.6) is 0 Å². The van der Waals surface area contributed by atoms with E-state index >= 15 is 0 Å². The van der Waals surface area contributed by atoms with E-state index in [1.165, 1.54) is 66.4 Å². The van der Waals surface area contributed by atoms with Crippen molar-refractivity contribution in [1.29, 1.82) is 5.41 Å². The summed E-state index contributed by atoms with van der Waals surface area (Å²) in [7, 11) is 0. The largest absolute Gasteiger partial charge is 0.307 e. The summed E-state index contributed by atoms with van der Waals surface area (Å²) in [6.45, 7) is 4.69. The van der Waals surface area contributed by atoms with Crippen LogP contribution in [0.2, 0.25) is 0 Å². The number of hydrogen-bond acceptors (Lipinski definition) is 3. The molecule has 308 valence electrons. The fourth-order valence-corrected chi connectivity index (χ4v) is 11.6. The number of nitrogens with one attached hydrogen (secondary N) is 2. The van der Waals surface area contributed by atoms with E-state index in [9.17, 15) is 5.41 Å². The highest BCUT2D eigenvalue weighted by Gasteiger charge is 2.51. The lowest BCUT2D eigenvalue weighted by atomic mass is 9.70. The van der Waals surface area contributed by atoms with E-state index in [0.717, 1.165) is 44.9 Å². The van der Waals surface area contributed by atoms with Gasteiger partial charge >= 0.3 is 0 Å². The van der Waals surface area contributed by atoms with Crippen molar-refractivity contribution in [2.45, 2.75) is 24.7 Å². The van der Waals surface area contributed by atoms with Crippen molar-refractivity contribution in [1.82, 2.24) is 9.99 Å². The average Bonchev–Trinajstić information content (AvgIpc) is 3.97. The highest BCUT2D eigenvalue weighted by molar-refractivity contribution is 6.15. The Morgan fingerprint density at radius 2 is 1.02 bits per heavy atom. The third-order valence-electron chi connectivity index (χ3n) is 14.5. The molecule has 4 nitrogen and oxygen atoms in total. The summed E-state index contributed by atoms with van der Waals surface area (Å²) < 4.78 is 2.43. The summed E-state index contributed by atoms with van der Waals surface area (Å²) >= 11 is 0. The zero-order valence-corrected chi connectivity index (χ0v) is 36.2. The Balaban J connectivity index is 1.07. The first kappa shape index (κ1) is 37.4. The topological polar surface area (TPSA) is 44.1 Å². The highest BCUT2D eigenvalue weighted by atomic mass is 15.5. The van der Waals surface area contributed by atoms with Gasteiger partial charge < -0.3 is 9.98 Å². The molecule has 3 aliphatic rings. The zero-order valence-electron chi connectivity index (χ0n) is 36.2. The van der Waals surface area contributed by atoms with Gasteiger partial charge in [0.05, 0.1) is 39.2 Å². The van der Waals surface area contributed by atoms with E-state index in [-0.39, 0.29) is 5.41 Å². The van der Waals surface area contributed by atoms with Crippen LogP contribution in [0.3, 0.4) is 0 Å². The monoisotopic (exact) mass is 832 g/mol. The first-order chi connectivity index (χ1) is 31.9. The molecule has 2 aliphatic carbocycles. The van der Waals surface area contributed by atoms with E-state index in [1.807, 2.05) is 36.4 Å². The normalized spacial score (nSPS) is 14.7. The molecule has 0 fully saturated rings. The molecule has 1 spiro atoms. The van der Waals surface area contributed by atoms with Gasteiger partial charge in [0.1, 0.15) is 0 Å². The third kappa shape index (κ3) is 5.16. The molecule has 0 radical (unpaired) electrons. The van der Waals surface area contributed by atoms with Gasteiger partial charge in [0.25, 0.3) is 0 Å². The number of hydrogen-bond donors (Lipinski definition) is 2. The van der Waals surface area contributed by atoms with Gasteiger partial charge in [-0.1, -0.05) is 196 Å². The molecule has 0 unspecified atom stereocenters. The first-order valence-electron chi connectivity index (χ1n) is 22.5. The lowest BCUT2D eigenvalue weighted by molar-refractivity contribution is 0.620. The molecular weight excluding hydrogens is 789 g/mol. The van der Waals surface area contributed by atoms with Gasteiger partial charge in [-0.05, 0) is 97.6 Å². The predicted molar refractivity (Wildman–Crippen MR) is 269 cm³/mol. The van der Waals surface area contributed by atoms with E-state index in [0.29, 0.717) is 5.71 Å². The molecule has 9 aromatic carbocycles. The Labute approximate surface area is 378 Å². The smallest absolute Gasteiger partial charge is 0.0918 e. The van der Waals surface area contributed by atoms with Crippen molar-refractivity contribution in [3.05, 3.63) is 263 Å². The third-order valence-corrected chi connectivity index (χ3v) is 14.5. The molecule has 13 rings (SSSR count). The number of rotatable bonds is 6. The summed E-state index contributed by atoms with van der Waals surface area (Å²) in [5, 5.41) is 14.4. The number of allylic oxidation sites excluding steroid dienone is 1. The molecule has 0 amide bonds. The van der Waals surface area contributed by atoms with Crippen molar-refractivity contribution >= 4 is 44.6 Å². The standard InChI is InChI=1S/C61H44N4/c1-60(2)52-30-16-18-32-57(52)65(59-53(60)36-34-46-45-26-12-17-31-56(45)64(58(46)59)41-21-7-4-8-22-41)63-55(38-54(62)39-19-5-3-6-20-39)40-33-35-51-47(37-40)44-25-11-15-29-50(44)61(51)48-27-13-9-23-42(48)43-24-10-14-28-49(43)61/h3-38,62-63H,1-2H3/b55-38-,62-54?. The van der Waals surface area contributed by atoms with Gasteiger partial charge in [-0.25, -0.2) is 0 Å². The number of nitrogens with zero attached hydrogens (tertiary/aromatic N) is 2. The van der Waals surface area contributed by atoms with Crippen LogP contribution < -0.4 is 10.4 Å². The number of anilines is 2. The molecule has 65 heavy (non-hydrogen) atoms. The summed E-state index contributed by atoms with van der Waals surface area (Å²) in [6.07, 6.45) is 2.02. The molecule has 10 aromatic rings. The number of benzene rings is 9. The average molecular weight is 833 g/mol. The van der Waals surface area contributed by atoms with Gasteiger partial charge in [0.2, 0.25) is 0 Å². The number of hydrazine groups is 1. The molecule has 0 bridgehead atoms. The SMILES string of the molecule is CC1(C)c2ccccc2N(N/C(=C\C(=N)c2ccccc2)c2ccc3c(c2)-c2ccccc2C32c3ccccc3-c3ccccc32)c2c1ccc1c3ccccc3n(-c3ccccc3)c21. The Morgan fingerprint density at radius 3 is 1.71 bits per heavy atom. The summed E-state index contributed by atoms with van der Waals surface area (Å²) in [5.74, 6) is 0. The Kier molecular flexibility index (Phi) is 7.98. The van der Waals surface area contributed by atoms with E-state index < -0.39 is 5.41 Å². The summed E-state index contributed by atoms with van der Waals surface area (Å²) in [6, 6.07) is 76.9. The number of fused-ring (bicyclic) bond motifs is 16. The van der Waals surface area contributed by atoms with E-state index in [4.69, 9.17) is 0 Å². The Bertz CT molecular complexity index is 3580. The maximum atomic E-state index is 9.65. The van der Waals surface area contributed by atoms with Crippen LogP contribution in [-0.2, 0) is 10.8 Å². The molecular formula is C61H44N4. The maximum absolute atomic E-state index is 9.65. The van der Waals surface area contributed by atoms with Crippen LogP contribution in [0.1, 0.15) is 58.4 Å². The lowest BCUT2D eigenvalue weighted by Crippen LogP contribution is -2.41. The van der Waals surface area contributed by atoms with E-state index in [1.54, 1.807) is 0 Å². The van der Waals surface area contributed by atoms with E-state index in [2.05, 4.69) is 211 Å². The van der Waals surface area contributed by atoms with Gasteiger partial charge in [0, 0.05) is 27.4 Å². The molecule has 0 saturated heterocycles. The highest BCUT2D eigenvalue weighted by Crippen LogP contribution is 2.63. The predicted octanol–water partition coefficient (Wildman–Crippen LogP) is 14.5. The maximum Gasteiger partial charge on any atom is 0.0918 e. The van der Waals surface area contributed by atoms with Crippen molar-refractivity contribution in [2.24, 2.45) is 0 Å². The number of aromatic nitrogens is 1. The van der Waals surface area contributed by atoms with Crippen LogP contribution in [0, 0.1) is 5.41 Å². The van der Waals surface area contributed by atoms with Crippen LogP contribution in [0.4, 0.5) is 11.4 Å². The number of para-hydroxylation sites is 3. The molecule has 2 N–H and O–H groups in total. The zero-order chi connectivity index (χ0) is 43.4. The molecule has 2 heterocycles. The van der Waals surface area contributed by atoms with Crippen molar-refractivity contribution in [3.63, 3.8) is 0 Å². The van der Waals surface area contributed by atoms with Gasteiger partial charge in [-0.2, -0.15) is 0 Å². The van der Waals surface area contributed by atoms with Crippen molar-refractivity contribution < 1.29 is 0 Å². The van der Waals surface area contributed by atoms with Crippen LogP contribution in [-0.4, -0.2) is 10.3 Å². The molecule has 1 aliphatic heterocycles. The van der Waals surface area contributed by atoms with Crippen molar-refractivity contribution in [2.75, 3.05) is 5.01 Å². The molecule has 1 aromatic heterocycles. The van der Waals surface area contributed by atoms with Gasteiger partial charge in [-0.15, -0.1) is 0 Å². The van der Waals surface area contributed by atoms with Crippen molar-refractivity contribution in [3.8, 4) is 27.9 Å². The second-order valence-corrected chi connectivity index (χ2v) is 18.1. The summed E-state index contributed by atoms with van der Waals surface area (Å²) in [5.41, 5.74) is 24.7. The second-order valence-electron chi connectivity index (χ2n) is 18.1. The fraction of sp³-hybridized carbons (Fsp3) is 0.0656. The quantitative estimate of drug-likeness (QED) is 0.164. The van der Waals surface area contributed by atoms with Crippen LogP contribution in [0.25, 0.3) is 55.4 Å². The molecule has 4 heteroatoms. The Hall–Kier alpha value is -8.21. The Morgan fingerprint density at radius 1 is 0.477 bits per heavy atom. The minimum absolute atomic E-state index is 0.323. The minimum Gasteiger partial charge on any atom is -0.307 e. The van der Waals surface area contributed by atoms with Crippen LogP contribution >= 0.6 is 0 Å². The second kappa shape index (κ2) is 13.9. The lowest BCUT2D eigenvalue weighted by Gasteiger charge is -2.43. The fourth-order valence-electron chi connectivity index (χ4n) is 11.6.